The Labute approximate surface area is 99.4 Å². The first kappa shape index (κ1) is 13.5. The Kier molecular flexibility index (Phi) is 5.81. The van der Waals surface area contributed by atoms with Crippen LogP contribution in [0.3, 0.4) is 0 Å². The average molecular weight is 226 g/mol. The fraction of sp³-hybridized carbons (Fsp3) is 0.923. The number of carbonyl (C=O) groups excluding carboxylic acids is 1. The Morgan fingerprint density at radius 3 is 2.44 bits per heavy atom. The number of amides is 1. The van der Waals surface area contributed by atoms with Gasteiger partial charge in [0.25, 0.3) is 0 Å². The highest BCUT2D eigenvalue weighted by Crippen LogP contribution is 2.26. The summed E-state index contributed by atoms with van der Waals surface area (Å²) in [4.78, 5) is 11.2. The quantitative estimate of drug-likeness (QED) is 0.753. The number of hydrogen-bond donors (Lipinski definition) is 2. The van der Waals surface area contributed by atoms with Crippen molar-refractivity contribution in [3.63, 3.8) is 0 Å². The zero-order valence-electron chi connectivity index (χ0n) is 10.9. The molecule has 1 aliphatic carbocycles. The van der Waals surface area contributed by atoms with Crippen LogP contribution in [-0.4, -0.2) is 25.0 Å². The van der Waals surface area contributed by atoms with E-state index < -0.39 is 0 Å². The molecule has 0 saturated heterocycles. The van der Waals surface area contributed by atoms with E-state index in [4.69, 9.17) is 0 Å². The smallest absolute Gasteiger partial charge is 0.221 e. The molecule has 1 aliphatic rings. The van der Waals surface area contributed by atoms with Crippen molar-refractivity contribution >= 4 is 5.91 Å². The van der Waals surface area contributed by atoms with E-state index in [1.807, 2.05) is 0 Å². The molecular weight excluding hydrogens is 200 g/mol. The molecule has 0 bridgehead atoms. The molecule has 16 heavy (non-hydrogen) atoms. The molecule has 2 N–H and O–H groups in total. The van der Waals surface area contributed by atoms with Crippen LogP contribution >= 0.6 is 0 Å². The summed E-state index contributed by atoms with van der Waals surface area (Å²) in [5.41, 5.74) is 0. The van der Waals surface area contributed by atoms with Crippen molar-refractivity contribution in [2.75, 3.05) is 7.05 Å². The van der Waals surface area contributed by atoms with Gasteiger partial charge < -0.3 is 10.6 Å². The van der Waals surface area contributed by atoms with Crippen LogP contribution in [0.5, 0.6) is 0 Å². The van der Waals surface area contributed by atoms with Gasteiger partial charge in [0.2, 0.25) is 5.91 Å². The van der Waals surface area contributed by atoms with Gasteiger partial charge in [0.1, 0.15) is 0 Å². The van der Waals surface area contributed by atoms with Crippen molar-refractivity contribution in [1.29, 1.82) is 0 Å². The summed E-state index contributed by atoms with van der Waals surface area (Å²) < 4.78 is 0. The lowest BCUT2D eigenvalue weighted by atomic mass is 9.84. The second-order valence-corrected chi connectivity index (χ2v) is 5.13. The highest BCUT2D eigenvalue weighted by atomic mass is 16.1. The predicted molar refractivity (Wildman–Crippen MR) is 67.3 cm³/mol. The van der Waals surface area contributed by atoms with Crippen LogP contribution in [0.1, 0.15) is 52.4 Å². The maximum Gasteiger partial charge on any atom is 0.221 e. The minimum absolute atomic E-state index is 0.121. The highest BCUT2D eigenvalue weighted by Gasteiger charge is 2.21. The third-order valence-electron chi connectivity index (χ3n) is 3.67. The molecule has 0 aliphatic heterocycles. The summed E-state index contributed by atoms with van der Waals surface area (Å²) in [6, 6.07) is 0.817. The van der Waals surface area contributed by atoms with Crippen molar-refractivity contribution in [3.05, 3.63) is 0 Å². The average Bonchev–Trinajstić information content (AvgIpc) is 2.29. The number of nitrogens with one attached hydrogen (secondary N) is 2. The van der Waals surface area contributed by atoms with Crippen molar-refractivity contribution in [2.45, 2.75) is 64.5 Å². The summed E-state index contributed by atoms with van der Waals surface area (Å²) in [7, 11) is 1.69. The van der Waals surface area contributed by atoms with E-state index in [0.717, 1.165) is 5.92 Å². The monoisotopic (exact) mass is 226 g/mol. The fourth-order valence-electron chi connectivity index (χ4n) is 2.66. The Bertz CT molecular complexity index is 212. The normalized spacial score (nSPS) is 21.4. The number of carbonyl (C=O) groups is 1. The van der Waals surface area contributed by atoms with E-state index in [1.54, 1.807) is 7.05 Å². The Hall–Kier alpha value is -0.570. The molecule has 2 unspecified atom stereocenters. The second-order valence-electron chi connectivity index (χ2n) is 5.13. The van der Waals surface area contributed by atoms with Crippen LogP contribution in [0.25, 0.3) is 0 Å². The largest absolute Gasteiger partial charge is 0.359 e. The van der Waals surface area contributed by atoms with Gasteiger partial charge in [0.05, 0.1) is 0 Å². The van der Waals surface area contributed by atoms with Gasteiger partial charge in [-0.05, 0) is 32.6 Å². The van der Waals surface area contributed by atoms with E-state index in [0.29, 0.717) is 12.5 Å². The van der Waals surface area contributed by atoms with E-state index in [9.17, 15) is 4.79 Å². The SMILES string of the molecule is CNC(=O)CC(C)NC(C)C1CCCCC1. The van der Waals surface area contributed by atoms with Crippen LogP contribution in [0.4, 0.5) is 0 Å². The summed E-state index contributed by atoms with van der Waals surface area (Å²) in [5, 5.41) is 6.22. The molecule has 1 saturated carbocycles. The molecule has 0 heterocycles. The van der Waals surface area contributed by atoms with Gasteiger partial charge in [0.15, 0.2) is 0 Å². The van der Waals surface area contributed by atoms with Gasteiger partial charge in [-0.2, -0.15) is 0 Å². The molecule has 1 amide bonds. The third kappa shape index (κ3) is 4.52. The molecule has 3 heteroatoms. The molecule has 0 aromatic rings. The van der Waals surface area contributed by atoms with Gasteiger partial charge in [-0.3, -0.25) is 4.79 Å². The second kappa shape index (κ2) is 6.89. The van der Waals surface area contributed by atoms with Gasteiger partial charge in [-0.25, -0.2) is 0 Å². The lowest BCUT2D eigenvalue weighted by Gasteiger charge is -2.30. The first-order valence-electron chi connectivity index (χ1n) is 6.60. The third-order valence-corrected chi connectivity index (χ3v) is 3.67. The summed E-state index contributed by atoms with van der Waals surface area (Å²) in [5.74, 6) is 0.928. The molecule has 1 fully saturated rings. The van der Waals surface area contributed by atoms with Crippen LogP contribution in [0, 0.1) is 5.92 Å². The Morgan fingerprint density at radius 2 is 1.88 bits per heavy atom. The fourth-order valence-corrected chi connectivity index (χ4v) is 2.66. The first-order chi connectivity index (χ1) is 7.63. The van der Waals surface area contributed by atoms with Gasteiger partial charge in [-0.1, -0.05) is 19.3 Å². The summed E-state index contributed by atoms with van der Waals surface area (Å²) >= 11 is 0. The molecule has 1 rings (SSSR count). The maximum atomic E-state index is 11.2. The van der Waals surface area contributed by atoms with E-state index >= 15 is 0 Å². The van der Waals surface area contributed by atoms with Gasteiger partial charge >= 0.3 is 0 Å². The predicted octanol–water partition coefficient (Wildman–Crippen LogP) is 2.07. The van der Waals surface area contributed by atoms with Crippen LogP contribution < -0.4 is 10.6 Å². The Balaban J connectivity index is 2.26. The number of hydrogen-bond acceptors (Lipinski definition) is 2. The first-order valence-corrected chi connectivity index (χ1v) is 6.60. The van der Waals surface area contributed by atoms with Gasteiger partial charge in [0, 0.05) is 25.6 Å². The zero-order valence-corrected chi connectivity index (χ0v) is 10.9. The molecule has 0 aromatic heterocycles. The molecule has 2 atom stereocenters. The molecule has 0 radical (unpaired) electrons. The molecule has 0 spiro atoms. The highest BCUT2D eigenvalue weighted by molar-refractivity contribution is 5.76. The van der Waals surface area contributed by atoms with E-state index in [1.165, 1.54) is 32.1 Å². The standard InChI is InChI=1S/C13H26N2O/c1-10(9-13(16)14-3)15-11(2)12-7-5-4-6-8-12/h10-12,15H,4-9H2,1-3H3,(H,14,16). The molecular formula is C13H26N2O. The van der Waals surface area contributed by atoms with Crippen LogP contribution in [0.15, 0.2) is 0 Å². The van der Waals surface area contributed by atoms with Crippen molar-refractivity contribution in [1.82, 2.24) is 10.6 Å². The zero-order chi connectivity index (χ0) is 12.0. The van der Waals surface area contributed by atoms with E-state index in [-0.39, 0.29) is 11.9 Å². The minimum Gasteiger partial charge on any atom is -0.359 e. The maximum absolute atomic E-state index is 11.2. The topological polar surface area (TPSA) is 41.1 Å². The Morgan fingerprint density at radius 1 is 1.25 bits per heavy atom. The van der Waals surface area contributed by atoms with Crippen molar-refractivity contribution in [2.24, 2.45) is 5.92 Å². The van der Waals surface area contributed by atoms with Gasteiger partial charge in [-0.15, -0.1) is 0 Å². The van der Waals surface area contributed by atoms with Crippen LogP contribution in [-0.2, 0) is 4.79 Å². The lowest BCUT2D eigenvalue weighted by molar-refractivity contribution is -0.121. The van der Waals surface area contributed by atoms with Crippen molar-refractivity contribution in [3.8, 4) is 0 Å². The molecule has 3 nitrogen and oxygen atoms in total. The van der Waals surface area contributed by atoms with Crippen molar-refractivity contribution < 1.29 is 4.79 Å². The summed E-state index contributed by atoms with van der Waals surface area (Å²) in [6.45, 7) is 4.35. The minimum atomic E-state index is 0.121. The number of rotatable bonds is 5. The molecule has 94 valence electrons. The van der Waals surface area contributed by atoms with E-state index in [2.05, 4.69) is 24.5 Å². The molecule has 0 aromatic carbocycles. The van der Waals surface area contributed by atoms with Crippen LogP contribution in [0.2, 0.25) is 0 Å². The summed E-state index contributed by atoms with van der Waals surface area (Å²) in [6.07, 6.45) is 7.42. The lowest BCUT2D eigenvalue weighted by Crippen LogP contribution is -2.42.